The Bertz CT molecular complexity index is 194. The highest BCUT2D eigenvalue weighted by Gasteiger charge is 2.23. The molecule has 0 radical (unpaired) electrons. The number of rotatable bonds is 3. The number of amides is 1. The van der Waals surface area contributed by atoms with Gasteiger partial charge in [-0.1, -0.05) is 0 Å². The van der Waals surface area contributed by atoms with E-state index in [0.29, 0.717) is 6.54 Å². The summed E-state index contributed by atoms with van der Waals surface area (Å²) < 4.78 is 5.18. The minimum atomic E-state index is -0.414. The molecule has 1 amide bonds. The Labute approximate surface area is 97.7 Å². The lowest BCUT2D eigenvalue weighted by Gasteiger charge is -2.29. The zero-order valence-corrected chi connectivity index (χ0v) is 10.4. The lowest BCUT2D eigenvalue weighted by Crippen LogP contribution is -2.37. The molecule has 1 fully saturated rings. The second kappa shape index (κ2) is 5.87. The first-order valence-electron chi connectivity index (χ1n) is 4.77. The number of hydrogen-bond acceptors (Lipinski definition) is 3. The number of halogens is 1. The van der Waals surface area contributed by atoms with Crippen molar-refractivity contribution in [2.45, 2.75) is 18.9 Å². The normalized spacial score (nSPS) is 20.5. The van der Waals surface area contributed by atoms with Gasteiger partial charge in [-0.15, -0.1) is 0 Å². The van der Waals surface area contributed by atoms with Gasteiger partial charge >= 0.3 is 0 Å². The predicted octanol–water partition coefficient (Wildman–Crippen LogP) is 1.26. The average molecular weight is 313 g/mol. The van der Waals surface area contributed by atoms with E-state index in [1.807, 2.05) is 0 Å². The van der Waals surface area contributed by atoms with Gasteiger partial charge in [-0.25, -0.2) is 0 Å². The number of hydrogen-bond donors (Lipinski definition) is 1. The summed E-state index contributed by atoms with van der Waals surface area (Å²) in [6.07, 6.45) is 1.37. The third-order valence-electron chi connectivity index (χ3n) is 2.57. The van der Waals surface area contributed by atoms with Crippen LogP contribution >= 0.6 is 22.6 Å². The van der Waals surface area contributed by atoms with Crippen molar-refractivity contribution in [1.29, 1.82) is 0 Å². The molecule has 1 rings (SSSR count). The molecule has 1 aliphatic heterocycles. The maximum absolute atomic E-state index is 10.9. The van der Waals surface area contributed by atoms with Gasteiger partial charge in [0.15, 0.2) is 0 Å². The van der Waals surface area contributed by atoms with Crippen molar-refractivity contribution in [3.05, 3.63) is 0 Å². The average Bonchev–Trinajstić information content (AvgIpc) is 2.19. The maximum atomic E-state index is 10.9. The van der Waals surface area contributed by atoms with Gasteiger partial charge in [0.25, 0.3) is 3.91 Å². The maximum Gasteiger partial charge on any atom is 0.283 e. The number of ether oxygens (including phenoxy) is 1. The number of likely N-dealkylation sites (N-methyl/N-ethyl adjacent to an activating group) is 1. The highest BCUT2D eigenvalue weighted by molar-refractivity contribution is 14.1. The highest BCUT2D eigenvalue weighted by atomic mass is 127. The summed E-state index contributed by atoms with van der Waals surface area (Å²) in [7, 11) is 1.71. The fraction of sp³-hybridized carbons (Fsp3) is 0.889. The summed E-state index contributed by atoms with van der Waals surface area (Å²) in [6.45, 7) is 1.87. The molecule has 0 aromatic carbocycles. The molecule has 82 valence electrons. The van der Waals surface area contributed by atoms with Crippen LogP contribution in [0.1, 0.15) is 12.8 Å². The summed E-state index contributed by atoms with van der Waals surface area (Å²) in [6, 6.07) is 0. The van der Waals surface area contributed by atoms with Crippen LogP contribution in [0.2, 0.25) is 0 Å². The molecular formula is C9H16INO3. The minimum Gasteiger partial charge on any atom is -0.391 e. The van der Waals surface area contributed by atoms with Gasteiger partial charge in [0.1, 0.15) is 0 Å². The second-order valence-corrected chi connectivity index (χ2v) is 4.57. The van der Waals surface area contributed by atoms with Gasteiger partial charge in [-0.05, 0) is 18.8 Å². The lowest BCUT2D eigenvalue weighted by atomic mass is 9.94. The molecule has 1 N–H and O–H groups in total. The van der Waals surface area contributed by atoms with Crippen LogP contribution in [0.4, 0.5) is 4.79 Å². The molecule has 0 spiro atoms. The standard InChI is InChI=1S/C9H16INO3/c1-11(9(10)13)6-8(12)7-2-4-14-5-3-7/h7-8,12H,2-6H2,1H3. The Balaban J connectivity index is 2.32. The van der Waals surface area contributed by atoms with Gasteiger partial charge in [-0.3, -0.25) is 4.79 Å². The van der Waals surface area contributed by atoms with Crippen molar-refractivity contribution in [3.63, 3.8) is 0 Å². The monoisotopic (exact) mass is 313 g/mol. The third kappa shape index (κ3) is 3.70. The quantitative estimate of drug-likeness (QED) is 0.485. The minimum absolute atomic E-state index is 0.0336. The Morgan fingerprint density at radius 1 is 1.64 bits per heavy atom. The molecule has 14 heavy (non-hydrogen) atoms. The second-order valence-electron chi connectivity index (χ2n) is 3.65. The van der Waals surface area contributed by atoms with Crippen molar-refractivity contribution >= 4 is 26.5 Å². The van der Waals surface area contributed by atoms with Crippen molar-refractivity contribution < 1.29 is 14.6 Å². The Hall–Kier alpha value is 0.120. The van der Waals surface area contributed by atoms with E-state index < -0.39 is 6.10 Å². The van der Waals surface area contributed by atoms with E-state index >= 15 is 0 Å². The molecular weight excluding hydrogens is 297 g/mol. The highest BCUT2D eigenvalue weighted by Crippen LogP contribution is 2.19. The molecule has 1 heterocycles. The van der Waals surface area contributed by atoms with Crippen LogP contribution in [0, 0.1) is 5.92 Å². The van der Waals surface area contributed by atoms with Gasteiger partial charge in [0.05, 0.1) is 6.10 Å². The van der Waals surface area contributed by atoms with E-state index in [0.717, 1.165) is 26.1 Å². The van der Waals surface area contributed by atoms with Crippen LogP contribution in [0.3, 0.4) is 0 Å². The van der Waals surface area contributed by atoms with E-state index in [2.05, 4.69) is 0 Å². The van der Waals surface area contributed by atoms with Gasteiger partial charge in [-0.2, -0.15) is 0 Å². The van der Waals surface area contributed by atoms with Crippen LogP contribution in [0.5, 0.6) is 0 Å². The number of nitrogens with zero attached hydrogens (tertiary/aromatic N) is 1. The smallest absolute Gasteiger partial charge is 0.283 e. The van der Waals surface area contributed by atoms with E-state index in [4.69, 9.17) is 4.74 Å². The summed E-state index contributed by atoms with van der Waals surface area (Å²) in [4.78, 5) is 12.5. The summed E-state index contributed by atoms with van der Waals surface area (Å²) in [5.41, 5.74) is 0. The van der Waals surface area contributed by atoms with Gasteiger partial charge in [0, 0.05) is 49.4 Å². The molecule has 1 saturated heterocycles. The molecule has 0 bridgehead atoms. The van der Waals surface area contributed by atoms with Crippen molar-refractivity contribution in [2.24, 2.45) is 5.92 Å². The fourth-order valence-corrected chi connectivity index (χ4v) is 1.80. The Morgan fingerprint density at radius 3 is 2.71 bits per heavy atom. The van der Waals surface area contributed by atoms with Crippen LogP contribution in [-0.2, 0) is 4.74 Å². The third-order valence-corrected chi connectivity index (χ3v) is 3.39. The molecule has 1 unspecified atom stereocenters. The summed E-state index contributed by atoms with van der Waals surface area (Å²) >= 11 is 1.72. The molecule has 0 aliphatic carbocycles. The molecule has 1 atom stereocenters. The molecule has 5 heteroatoms. The Morgan fingerprint density at radius 2 is 2.21 bits per heavy atom. The van der Waals surface area contributed by atoms with E-state index in [9.17, 15) is 9.90 Å². The number of aliphatic hydroxyl groups is 1. The molecule has 4 nitrogen and oxygen atoms in total. The van der Waals surface area contributed by atoms with Crippen LogP contribution in [-0.4, -0.2) is 46.8 Å². The van der Waals surface area contributed by atoms with Crippen LogP contribution in [0.25, 0.3) is 0 Å². The molecule has 0 saturated carbocycles. The summed E-state index contributed by atoms with van der Waals surface area (Å²) in [5.74, 6) is 0.280. The zero-order valence-electron chi connectivity index (χ0n) is 8.28. The number of carbonyl (C=O) groups is 1. The van der Waals surface area contributed by atoms with Crippen LogP contribution < -0.4 is 0 Å². The van der Waals surface area contributed by atoms with E-state index in [-0.39, 0.29) is 9.83 Å². The molecule has 1 aliphatic rings. The first-order chi connectivity index (χ1) is 6.61. The largest absolute Gasteiger partial charge is 0.391 e. The molecule has 0 aromatic heterocycles. The fourth-order valence-electron chi connectivity index (χ4n) is 1.60. The first kappa shape index (κ1) is 12.2. The molecule has 0 aromatic rings. The predicted molar refractivity (Wildman–Crippen MR) is 61.6 cm³/mol. The van der Waals surface area contributed by atoms with Gasteiger partial charge < -0.3 is 14.7 Å². The number of carbonyl (C=O) groups excluding carboxylic acids is 1. The lowest BCUT2D eigenvalue weighted by molar-refractivity contribution is 0.00146. The van der Waals surface area contributed by atoms with Crippen molar-refractivity contribution in [3.8, 4) is 0 Å². The first-order valence-corrected chi connectivity index (χ1v) is 5.85. The van der Waals surface area contributed by atoms with Gasteiger partial charge in [0.2, 0.25) is 0 Å². The topological polar surface area (TPSA) is 49.8 Å². The Kier molecular flexibility index (Phi) is 5.11. The van der Waals surface area contributed by atoms with Crippen molar-refractivity contribution in [2.75, 3.05) is 26.8 Å². The van der Waals surface area contributed by atoms with Crippen molar-refractivity contribution in [1.82, 2.24) is 4.90 Å². The van der Waals surface area contributed by atoms with Crippen LogP contribution in [0.15, 0.2) is 0 Å². The number of aliphatic hydroxyl groups excluding tert-OH is 1. The SMILES string of the molecule is CN(CC(O)C1CCOCC1)C(=O)I. The van der Waals surface area contributed by atoms with E-state index in [1.54, 1.807) is 34.5 Å². The zero-order chi connectivity index (χ0) is 10.6. The summed E-state index contributed by atoms with van der Waals surface area (Å²) in [5, 5.41) is 9.84. The van der Waals surface area contributed by atoms with E-state index in [1.165, 1.54) is 0 Å².